The SMILES string of the molecule is Cn1nc2c(c1NC(=O)Nc1ccc(C(C)(C)C)cc1)CN(C(=O)OC(C)(C)C)CC2. The van der Waals surface area contributed by atoms with E-state index in [0.29, 0.717) is 31.0 Å². The van der Waals surface area contributed by atoms with E-state index < -0.39 is 5.60 Å². The summed E-state index contributed by atoms with van der Waals surface area (Å²) in [5.74, 6) is 0.576. The molecule has 8 heteroatoms. The number of carbonyl (C=O) groups is 2. The Morgan fingerprint density at radius 2 is 1.68 bits per heavy atom. The van der Waals surface area contributed by atoms with Gasteiger partial charge in [-0.2, -0.15) is 5.10 Å². The fourth-order valence-corrected chi connectivity index (χ4v) is 3.46. The summed E-state index contributed by atoms with van der Waals surface area (Å²) >= 11 is 0. The van der Waals surface area contributed by atoms with Crippen LogP contribution in [0.4, 0.5) is 21.1 Å². The zero-order valence-electron chi connectivity index (χ0n) is 19.5. The zero-order chi connectivity index (χ0) is 23.0. The molecule has 0 spiro atoms. The van der Waals surface area contributed by atoms with Crippen LogP contribution >= 0.6 is 0 Å². The molecule has 168 valence electrons. The Bertz CT molecular complexity index is 965. The summed E-state index contributed by atoms with van der Waals surface area (Å²) in [6, 6.07) is 7.45. The quantitative estimate of drug-likeness (QED) is 0.730. The molecule has 2 heterocycles. The number of anilines is 2. The number of hydrogen-bond acceptors (Lipinski definition) is 4. The minimum absolute atomic E-state index is 0.0502. The molecule has 0 unspecified atom stereocenters. The molecule has 0 saturated carbocycles. The van der Waals surface area contributed by atoms with Gasteiger partial charge in [-0.3, -0.25) is 10.00 Å². The van der Waals surface area contributed by atoms with Crippen molar-refractivity contribution in [2.45, 2.75) is 65.5 Å². The Morgan fingerprint density at radius 3 is 2.26 bits per heavy atom. The van der Waals surface area contributed by atoms with Gasteiger partial charge in [0.2, 0.25) is 0 Å². The van der Waals surface area contributed by atoms with Gasteiger partial charge < -0.3 is 15.0 Å². The maximum Gasteiger partial charge on any atom is 0.410 e. The molecule has 1 aliphatic rings. The summed E-state index contributed by atoms with van der Waals surface area (Å²) in [5.41, 5.74) is 3.10. The predicted octanol–water partition coefficient (Wildman–Crippen LogP) is 4.65. The van der Waals surface area contributed by atoms with Crippen molar-refractivity contribution in [3.05, 3.63) is 41.1 Å². The van der Waals surface area contributed by atoms with Crippen LogP contribution in [0, 0.1) is 0 Å². The number of aryl methyl sites for hydroxylation is 1. The number of fused-ring (bicyclic) bond motifs is 1. The van der Waals surface area contributed by atoms with E-state index in [4.69, 9.17) is 4.74 Å². The fraction of sp³-hybridized carbons (Fsp3) is 0.522. The van der Waals surface area contributed by atoms with E-state index in [1.807, 2.05) is 45.0 Å². The second-order valence-electron chi connectivity index (χ2n) is 9.96. The molecule has 3 rings (SSSR count). The molecule has 8 nitrogen and oxygen atoms in total. The van der Waals surface area contributed by atoms with Crippen LogP contribution < -0.4 is 10.6 Å². The van der Waals surface area contributed by atoms with Crippen molar-refractivity contribution in [2.75, 3.05) is 17.2 Å². The van der Waals surface area contributed by atoms with Crippen molar-refractivity contribution < 1.29 is 14.3 Å². The van der Waals surface area contributed by atoms with E-state index >= 15 is 0 Å². The van der Waals surface area contributed by atoms with Crippen LogP contribution in [-0.4, -0.2) is 39.0 Å². The van der Waals surface area contributed by atoms with Crippen molar-refractivity contribution in [3.63, 3.8) is 0 Å². The smallest absolute Gasteiger partial charge is 0.410 e. The Morgan fingerprint density at radius 1 is 1.03 bits per heavy atom. The number of amides is 3. The molecule has 1 aromatic carbocycles. The fourth-order valence-electron chi connectivity index (χ4n) is 3.46. The number of carbonyl (C=O) groups excluding carboxylic acids is 2. The average Bonchev–Trinajstić information content (AvgIpc) is 2.94. The second kappa shape index (κ2) is 8.24. The van der Waals surface area contributed by atoms with E-state index in [2.05, 4.69) is 36.5 Å². The van der Waals surface area contributed by atoms with E-state index in [1.165, 1.54) is 5.56 Å². The van der Waals surface area contributed by atoms with Crippen LogP contribution in [0.2, 0.25) is 0 Å². The van der Waals surface area contributed by atoms with E-state index in [0.717, 1.165) is 11.3 Å². The van der Waals surface area contributed by atoms with Crippen molar-refractivity contribution in [1.82, 2.24) is 14.7 Å². The molecule has 1 aliphatic heterocycles. The monoisotopic (exact) mass is 427 g/mol. The van der Waals surface area contributed by atoms with Gasteiger partial charge in [-0.1, -0.05) is 32.9 Å². The van der Waals surface area contributed by atoms with Crippen LogP contribution in [0.15, 0.2) is 24.3 Å². The molecule has 31 heavy (non-hydrogen) atoms. The highest BCUT2D eigenvalue weighted by Crippen LogP contribution is 2.27. The number of rotatable bonds is 2. The molecule has 0 radical (unpaired) electrons. The van der Waals surface area contributed by atoms with Crippen LogP contribution in [0.25, 0.3) is 0 Å². The lowest BCUT2D eigenvalue weighted by Gasteiger charge is -2.29. The molecule has 3 amide bonds. The normalized spacial score (nSPS) is 14.1. The van der Waals surface area contributed by atoms with Gasteiger partial charge in [0.1, 0.15) is 11.4 Å². The Hall–Kier alpha value is -3.03. The largest absolute Gasteiger partial charge is 0.444 e. The second-order valence-corrected chi connectivity index (χ2v) is 9.96. The molecule has 2 N–H and O–H groups in total. The van der Waals surface area contributed by atoms with Crippen LogP contribution in [-0.2, 0) is 30.2 Å². The highest BCUT2D eigenvalue weighted by molar-refractivity contribution is 5.99. The lowest BCUT2D eigenvalue weighted by Crippen LogP contribution is -2.40. The van der Waals surface area contributed by atoms with Crippen molar-refractivity contribution in [2.24, 2.45) is 7.05 Å². The number of ether oxygens (including phenoxy) is 1. The maximum atomic E-state index is 12.6. The first-order valence-electron chi connectivity index (χ1n) is 10.5. The van der Waals surface area contributed by atoms with E-state index in [9.17, 15) is 9.59 Å². The average molecular weight is 428 g/mol. The molecular formula is C23H33N5O3. The standard InChI is InChI=1S/C23H33N5O3/c1-22(2,3)15-8-10-16(11-9-15)24-20(29)25-19-17-14-28(21(30)31-23(4,5)6)13-12-18(17)26-27(19)7/h8-11H,12-14H2,1-7H3,(H2,24,25,29). The van der Waals surface area contributed by atoms with Gasteiger partial charge in [-0.15, -0.1) is 0 Å². The van der Waals surface area contributed by atoms with Gasteiger partial charge in [0.25, 0.3) is 0 Å². The third-order valence-electron chi connectivity index (χ3n) is 5.09. The lowest BCUT2D eigenvalue weighted by atomic mass is 9.87. The minimum atomic E-state index is -0.560. The first kappa shape index (κ1) is 22.7. The molecule has 1 aromatic heterocycles. The first-order chi connectivity index (χ1) is 14.3. The van der Waals surface area contributed by atoms with E-state index in [-0.39, 0.29) is 17.5 Å². The molecule has 2 aromatic rings. The number of urea groups is 1. The number of nitrogens with zero attached hydrogens (tertiary/aromatic N) is 3. The maximum absolute atomic E-state index is 12.6. The summed E-state index contributed by atoms with van der Waals surface area (Å²) in [6.45, 7) is 12.8. The molecule has 0 bridgehead atoms. The van der Waals surface area contributed by atoms with Crippen molar-refractivity contribution in [3.8, 4) is 0 Å². The Balaban J connectivity index is 1.70. The highest BCUT2D eigenvalue weighted by atomic mass is 16.6. The van der Waals surface area contributed by atoms with Crippen LogP contribution in [0.1, 0.15) is 58.4 Å². The molecule has 0 saturated heterocycles. The Kier molecular flexibility index (Phi) is 6.02. The summed E-state index contributed by atoms with van der Waals surface area (Å²) < 4.78 is 7.14. The van der Waals surface area contributed by atoms with Crippen LogP contribution in [0.5, 0.6) is 0 Å². The van der Waals surface area contributed by atoms with Crippen molar-refractivity contribution in [1.29, 1.82) is 0 Å². The topological polar surface area (TPSA) is 88.5 Å². The first-order valence-corrected chi connectivity index (χ1v) is 10.5. The zero-order valence-corrected chi connectivity index (χ0v) is 19.5. The van der Waals surface area contributed by atoms with Crippen LogP contribution in [0.3, 0.4) is 0 Å². The molecule has 0 atom stereocenters. The Labute approximate surface area is 183 Å². The number of aromatic nitrogens is 2. The third kappa shape index (κ3) is 5.57. The van der Waals surface area contributed by atoms with E-state index in [1.54, 1.807) is 16.6 Å². The summed E-state index contributed by atoms with van der Waals surface area (Å²) in [6.07, 6.45) is 0.247. The van der Waals surface area contributed by atoms with Gasteiger partial charge in [-0.05, 0) is 43.9 Å². The molecule has 0 fully saturated rings. The van der Waals surface area contributed by atoms with Crippen molar-refractivity contribution >= 4 is 23.6 Å². The number of hydrogen-bond donors (Lipinski definition) is 2. The summed E-state index contributed by atoms with van der Waals surface area (Å²) in [4.78, 5) is 26.8. The summed E-state index contributed by atoms with van der Waals surface area (Å²) in [5, 5.41) is 10.3. The summed E-state index contributed by atoms with van der Waals surface area (Å²) in [7, 11) is 1.78. The van der Waals surface area contributed by atoms with Gasteiger partial charge in [0.05, 0.1) is 12.2 Å². The predicted molar refractivity (Wildman–Crippen MR) is 121 cm³/mol. The lowest BCUT2D eigenvalue weighted by molar-refractivity contribution is 0.0224. The minimum Gasteiger partial charge on any atom is -0.444 e. The highest BCUT2D eigenvalue weighted by Gasteiger charge is 2.30. The van der Waals surface area contributed by atoms with Gasteiger partial charge in [0, 0.05) is 31.3 Å². The number of nitrogens with one attached hydrogen (secondary N) is 2. The van der Waals surface area contributed by atoms with Gasteiger partial charge in [0.15, 0.2) is 0 Å². The third-order valence-corrected chi connectivity index (χ3v) is 5.09. The number of benzene rings is 1. The van der Waals surface area contributed by atoms with Gasteiger partial charge in [-0.25, -0.2) is 9.59 Å². The molecular weight excluding hydrogens is 394 g/mol. The molecule has 0 aliphatic carbocycles. The van der Waals surface area contributed by atoms with Gasteiger partial charge >= 0.3 is 12.1 Å².